The average Bonchev–Trinajstić information content (AvgIpc) is 2.51. The topological polar surface area (TPSA) is 0 Å². The van der Waals surface area contributed by atoms with Gasteiger partial charge in [0.25, 0.3) is 0 Å². The summed E-state index contributed by atoms with van der Waals surface area (Å²) in [6.07, 6.45) is -16.1. The van der Waals surface area contributed by atoms with E-state index >= 15 is 0 Å². The fraction of sp³-hybridized carbons (Fsp3) is 1.00. The Kier molecular flexibility index (Phi) is 8.45. The molecule has 0 heterocycles. The van der Waals surface area contributed by atoms with Gasteiger partial charge < -0.3 is 0 Å². The lowest BCUT2D eigenvalue weighted by Gasteiger charge is -2.43. The van der Waals surface area contributed by atoms with Crippen LogP contribution in [0.1, 0.15) is 0 Å². The van der Waals surface area contributed by atoms with Crippen molar-refractivity contribution in [1.29, 1.82) is 0 Å². The highest BCUT2D eigenvalue weighted by atomic mass is 127. The van der Waals surface area contributed by atoms with Gasteiger partial charge in [-0.2, -0.15) is 96.6 Å². The molecule has 202 valence electrons. The number of halogens is 23. The largest absolute Gasteiger partial charge is 0.460 e. The van der Waals surface area contributed by atoms with E-state index in [0.717, 1.165) is 0 Å². The second-order valence-electron chi connectivity index (χ2n) is 5.59. The summed E-state index contributed by atoms with van der Waals surface area (Å²) in [6, 6.07) is 0. The average molecular weight is 666 g/mol. The normalized spacial score (nSPS) is 16.5. The molecule has 0 saturated heterocycles. The Hall–Kier alpha value is -0.810. The SMILES string of the molecule is FC(F)(F)C(F)(F)C(F)(F)C(F)(F)C(F)(F)C(F)(F)C(F)(F)C(F)(F)C(F)(F)C(F)(F)F.I. The highest BCUT2D eigenvalue weighted by molar-refractivity contribution is 14.0. The van der Waals surface area contributed by atoms with E-state index < -0.39 is 59.7 Å². The zero-order valence-corrected chi connectivity index (χ0v) is 16.1. The molecule has 0 unspecified atom stereocenters. The molecule has 0 saturated carbocycles. The van der Waals surface area contributed by atoms with Crippen molar-refractivity contribution in [3.05, 3.63) is 0 Å². The Morgan fingerprint density at radius 1 is 0.182 bits per heavy atom. The summed E-state index contributed by atoms with van der Waals surface area (Å²) in [5, 5.41) is 0. The van der Waals surface area contributed by atoms with Crippen LogP contribution >= 0.6 is 24.0 Å². The summed E-state index contributed by atoms with van der Waals surface area (Å²) in [6.45, 7) is 0. The van der Waals surface area contributed by atoms with E-state index in [1.165, 1.54) is 0 Å². The van der Waals surface area contributed by atoms with Gasteiger partial charge in [0.1, 0.15) is 0 Å². The second-order valence-corrected chi connectivity index (χ2v) is 5.59. The van der Waals surface area contributed by atoms with Crippen molar-refractivity contribution < 1.29 is 96.6 Å². The minimum atomic E-state index is -9.24. The van der Waals surface area contributed by atoms with Crippen LogP contribution in [0.3, 0.4) is 0 Å². The molecule has 0 aliphatic heterocycles. The summed E-state index contributed by atoms with van der Waals surface area (Å²) < 4.78 is 276. The first-order valence-corrected chi connectivity index (χ1v) is 6.41. The molecule has 0 fully saturated rings. The number of alkyl halides is 22. The highest BCUT2D eigenvalue weighted by Gasteiger charge is 2.98. The summed E-state index contributed by atoms with van der Waals surface area (Å²) in [7, 11) is 0. The second kappa shape index (κ2) is 8.11. The maximum atomic E-state index is 13.1. The fourth-order valence-electron chi connectivity index (χ4n) is 1.54. The molecule has 0 nitrogen and oxygen atoms in total. The Balaban J connectivity index is 0. The number of hydrogen-bond donors (Lipinski definition) is 0. The third-order valence-electron chi connectivity index (χ3n) is 3.47. The van der Waals surface area contributed by atoms with Gasteiger partial charge in [0.15, 0.2) is 0 Å². The van der Waals surface area contributed by atoms with Gasteiger partial charge in [-0.25, -0.2) is 0 Å². The first kappa shape index (κ1) is 34.4. The van der Waals surface area contributed by atoms with Gasteiger partial charge in [0, 0.05) is 0 Å². The molecule has 0 aromatic rings. The van der Waals surface area contributed by atoms with Crippen molar-refractivity contribution in [3.8, 4) is 0 Å². The number of rotatable bonds is 7. The van der Waals surface area contributed by atoms with Crippen LogP contribution in [0.15, 0.2) is 0 Å². The zero-order chi connectivity index (χ0) is 27.0. The molecule has 33 heavy (non-hydrogen) atoms. The number of hydrogen-bond acceptors (Lipinski definition) is 0. The molecule has 0 rings (SSSR count). The van der Waals surface area contributed by atoms with Crippen molar-refractivity contribution in [3.63, 3.8) is 0 Å². The molecule has 0 radical (unpaired) electrons. The molecule has 0 atom stereocenters. The monoisotopic (exact) mass is 666 g/mol. The third kappa shape index (κ3) is 4.13. The molecular formula is C10HF22I. The minimum absolute atomic E-state index is 0. The van der Waals surface area contributed by atoms with Crippen LogP contribution in [0.25, 0.3) is 0 Å². The Labute approximate surface area is 181 Å². The van der Waals surface area contributed by atoms with E-state index in [1.54, 1.807) is 0 Å². The van der Waals surface area contributed by atoms with Crippen LogP contribution in [0, 0.1) is 0 Å². The minimum Gasteiger partial charge on any atom is -0.192 e. The smallest absolute Gasteiger partial charge is 0.192 e. The molecule has 0 bridgehead atoms. The van der Waals surface area contributed by atoms with Crippen LogP contribution < -0.4 is 0 Å². The van der Waals surface area contributed by atoms with Gasteiger partial charge in [-0.15, -0.1) is 24.0 Å². The molecular weight excluding hydrogens is 665 g/mol. The van der Waals surface area contributed by atoms with E-state index in [1.807, 2.05) is 0 Å². The van der Waals surface area contributed by atoms with Crippen LogP contribution in [0.5, 0.6) is 0 Å². The lowest BCUT2D eigenvalue weighted by Crippen LogP contribution is -2.76. The van der Waals surface area contributed by atoms with Crippen LogP contribution in [0.2, 0.25) is 0 Å². The van der Waals surface area contributed by atoms with Crippen molar-refractivity contribution in [2.24, 2.45) is 0 Å². The van der Waals surface area contributed by atoms with Gasteiger partial charge in [-0.1, -0.05) is 0 Å². The maximum absolute atomic E-state index is 13.1. The molecule has 0 aliphatic carbocycles. The first-order chi connectivity index (χ1) is 13.2. The summed E-state index contributed by atoms with van der Waals surface area (Å²) in [5.74, 6) is -71.5. The van der Waals surface area contributed by atoms with Crippen molar-refractivity contribution in [1.82, 2.24) is 0 Å². The molecule has 0 aromatic carbocycles. The third-order valence-corrected chi connectivity index (χ3v) is 3.47. The van der Waals surface area contributed by atoms with E-state index in [-0.39, 0.29) is 24.0 Å². The quantitative estimate of drug-likeness (QED) is 0.192. The molecule has 0 amide bonds. The Morgan fingerprint density at radius 2 is 0.273 bits per heavy atom. The van der Waals surface area contributed by atoms with E-state index in [0.29, 0.717) is 0 Å². The van der Waals surface area contributed by atoms with Crippen LogP contribution in [-0.2, 0) is 0 Å². The Morgan fingerprint density at radius 3 is 0.364 bits per heavy atom. The van der Waals surface area contributed by atoms with E-state index in [4.69, 9.17) is 0 Å². The van der Waals surface area contributed by atoms with Gasteiger partial charge >= 0.3 is 59.7 Å². The zero-order valence-electron chi connectivity index (χ0n) is 13.7. The lowest BCUT2D eigenvalue weighted by atomic mass is 9.87. The van der Waals surface area contributed by atoms with E-state index in [2.05, 4.69) is 0 Å². The van der Waals surface area contributed by atoms with E-state index in [9.17, 15) is 96.6 Å². The Bertz CT molecular complexity index is 633. The molecule has 0 aromatic heterocycles. The molecule has 0 N–H and O–H groups in total. The summed E-state index contributed by atoms with van der Waals surface area (Å²) in [4.78, 5) is 0. The van der Waals surface area contributed by atoms with Gasteiger partial charge in [-0.05, 0) is 0 Å². The van der Waals surface area contributed by atoms with Gasteiger partial charge in [0.2, 0.25) is 0 Å². The van der Waals surface area contributed by atoms with Gasteiger partial charge in [0.05, 0.1) is 0 Å². The van der Waals surface area contributed by atoms with Crippen LogP contribution in [0.4, 0.5) is 96.6 Å². The maximum Gasteiger partial charge on any atom is 0.460 e. The van der Waals surface area contributed by atoms with Gasteiger partial charge in [-0.3, -0.25) is 0 Å². The summed E-state index contributed by atoms with van der Waals surface area (Å²) in [5.41, 5.74) is 0. The standard InChI is InChI=1S/C10F22.HI/c11-1(12,3(15,16)5(19,20)7(23,24)9(27,28)29)2(13,14)4(17,18)6(21,22)8(25,26)10(30,31)32;/h;1H. The fourth-order valence-corrected chi connectivity index (χ4v) is 1.54. The predicted molar refractivity (Wildman–Crippen MR) is 67.1 cm³/mol. The molecule has 0 aliphatic rings. The summed E-state index contributed by atoms with van der Waals surface area (Å²) >= 11 is 0. The molecule has 23 heteroatoms. The highest BCUT2D eigenvalue weighted by Crippen LogP contribution is 2.66. The molecule has 0 spiro atoms. The van der Waals surface area contributed by atoms with Crippen molar-refractivity contribution in [2.75, 3.05) is 0 Å². The lowest BCUT2D eigenvalue weighted by molar-refractivity contribution is -0.478. The van der Waals surface area contributed by atoms with Crippen molar-refractivity contribution in [2.45, 2.75) is 59.7 Å². The predicted octanol–water partition coefficient (Wildman–Crippen LogP) is 7.81. The first-order valence-electron chi connectivity index (χ1n) is 6.41. The van der Waals surface area contributed by atoms with Crippen molar-refractivity contribution >= 4 is 24.0 Å². The van der Waals surface area contributed by atoms with Crippen LogP contribution in [-0.4, -0.2) is 59.7 Å².